The summed E-state index contributed by atoms with van der Waals surface area (Å²) < 4.78 is 22.2. The van der Waals surface area contributed by atoms with Crippen LogP contribution in [0.5, 0.6) is 0 Å². The summed E-state index contributed by atoms with van der Waals surface area (Å²) in [6.07, 6.45) is 2.97. The minimum absolute atomic E-state index is 0.0966. The topological polar surface area (TPSA) is 65.8 Å². The minimum atomic E-state index is -0.574. The number of halogens is 2. The third-order valence-electron chi connectivity index (χ3n) is 5.24. The van der Waals surface area contributed by atoms with Gasteiger partial charge in [-0.15, -0.1) is 0 Å². The summed E-state index contributed by atoms with van der Waals surface area (Å²) in [5.41, 5.74) is 3.44. The Labute approximate surface area is 181 Å². The van der Waals surface area contributed by atoms with Crippen molar-refractivity contribution in [2.24, 2.45) is 0 Å². The highest BCUT2D eigenvalue weighted by atomic mass is 35.5. The number of aromatic nitrogens is 4. The molecule has 0 aliphatic carbocycles. The van der Waals surface area contributed by atoms with E-state index in [1.807, 2.05) is 32.0 Å². The first-order chi connectivity index (χ1) is 14.9. The zero-order chi connectivity index (χ0) is 21.7. The molecule has 0 bridgehead atoms. The van der Waals surface area contributed by atoms with Crippen LogP contribution in [-0.2, 0) is 0 Å². The molecule has 0 aliphatic heterocycles. The molecule has 0 unspecified atom stereocenters. The number of hydrogen-bond donors (Lipinski definition) is 0. The van der Waals surface area contributed by atoms with Gasteiger partial charge >= 0.3 is 0 Å². The lowest BCUT2D eigenvalue weighted by Gasteiger charge is -2.12. The molecule has 0 atom stereocenters. The van der Waals surface area contributed by atoms with Gasteiger partial charge in [0, 0.05) is 0 Å². The molecule has 0 radical (unpaired) electrons. The molecule has 0 saturated carbocycles. The SMILES string of the molecule is Cc1ccc(-n2ncc3c(=O)n(-c4ccc(F)c(Cl)c4)c(-c4ccco4)nc32)cc1C. The number of aryl methyl sites for hydroxylation is 2. The molecule has 8 heteroatoms. The fourth-order valence-electron chi connectivity index (χ4n) is 3.45. The van der Waals surface area contributed by atoms with Gasteiger partial charge in [0.1, 0.15) is 11.2 Å². The Hall–Kier alpha value is -3.71. The molecule has 0 fully saturated rings. The summed E-state index contributed by atoms with van der Waals surface area (Å²) >= 11 is 5.97. The van der Waals surface area contributed by atoms with Crippen molar-refractivity contribution in [1.82, 2.24) is 19.3 Å². The van der Waals surface area contributed by atoms with E-state index in [2.05, 4.69) is 5.10 Å². The van der Waals surface area contributed by atoms with E-state index in [0.29, 0.717) is 22.5 Å². The molecular weight excluding hydrogens is 419 g/mol. The molecule has 6 nitrogen and oxygen atoms in total. The Morgan fingerprint density at radius 1 is 1.03 bits per heavy atom. The average molecular weight is 435 g/mol. The first-order valence-electron chi connectivity index (χ1n) is 9.52. The molecule has 2 aromatic carbocycles. The van der Waals surface area contributed by atoms with Gasteiger partial charge in [-0.05, 0) is 67.4 Å². The zero-order valence-corrected chi connectivity index (χ0v) is 17.4. The van der Waals surface area contributed by atoms with E-state index in [0.717, 1.165) is 16.8 Å². The molecule has 0 spiro atoms. The summed E-state index contributed by atoms with van der Waals surface area (Å²) in [6, 6.07) is 13.4. The van der Waals surface area contributed by atoms with Crippen molar-refractivity contribution in [2.75, 3.05) is 0 Å². The lowest BCUT2D eigenvalue weighted by Crippen LogP contribution is -2.22. The molecule has 3 heterocycles. The van der Waals surface area contributed by atoms with E-state index >= 15 is 0 Å². The van der Waals surface area contributed by atoms with Crippen LogP contribution in [0.2, 0.25) is 5.02 Å². The summed E-state index contributed by atoms with van der Waals surface area (Å²) in [6.45, 7) is 4.04. The Morgan fingerprint density at radius 3 is 2.55 bits per heavy atom. The van der Waals surface area contributed by atoms with Gasteiger partial charge in [-0.2, -0.15) is 5.10 Å². The molecule has 5 rings (SSSR count). The first-order valence-corrected chi connectivity index (χ1v) is 9.89. The maximum atomic E-state index is 13.7. The number of nitrogens with zero attached hydrogens (tertiary/aromatic N) is 4. The second-order valence-corrected chi connectivity index (χ2v) is 7.62. The molecule has 3 aromatic heterocycles. The predicted octanol–water partition coefficient (Wildman–Crippen LogP) is 5.24. The molecule has 5 aromatic rings. The summed E-state index contributed by atoms with van der Waals surface area (Å²) in [4.78, 5) is 18.2. The number of rotatable bonds is 3. The van der Waals surface area contributed by atoms with Gasteiger partial charge in [-0.25, -0.2) is 14.1 Å². The lowest BCUT2D eigenvalue weighted by atomic mass is 10.1. The number of hydrogen-bond acceptors (Lipinski definition) is 4. The Bertz CT molecular complexity index is 1500. The van der Waals surface area contributed by atoms with Crippen LogP contribution < -0.4 is 5.56 Å². The van der Waals surface area contributed by atoms with Crippen LogP contribution in [0.1, 0.15) is 11.1 Å². The minimum Gasteiger partial charge on any atom is -0.461 e. The second kappa shape index (κ2) is 7.21. The van der Waals surface area contributed by atoms with E-state index < -0.39 is 5.82 Å². The molecule has 31 heavy (non-hydrogen) atoms. The van der Waals surface area contributed by atoms with Crippen LogP contribution in [-0.4, -0.2) is 19.3 Å². The van der Waals surface area contributed by atoms with Crippen LogP contribution in [0, 0.1) is 19.7 Å². The summed E-state index contributed by atoms with van der Waals surface area (Å²) in [5, 5.41) is 4.63. The smallest absolute Gasteiger partial charge is 0.269 e. The predicted molar refractivity (Wildman–Crippen MR) is 117 cm³/mol. The number of fused-ring (bicyclic) bond motifs is 1. The summed E-state index contributed by atoms with van der Waals surface area (Å²) in [7, 11) is 0. The fraction of sp³-hybridized carbons (Fsp3) is 0.0870. The van der Waals surface area contributed by atoms with Crippen molar-refractivity contribution in [2.45, 2.75) is 13.8 Å². The molecule has 0 saturated heterocycles. The number of furan rings is 1. The van der Waals surface area contributed by atoms with E-state index in [1.54, 1.807) is 16.8 Å². The van der Waals surface area contributed by atoms with Crippen molar-refractivity contribution in [1.29, 1.82) is 0 Å². The van der Waals surface area contributed by atoms with Crippen molar-refractivity contribution in [3.63, 3.8) is 0 Å². The van der Waals surface area contributed by atoms with Gasteiger partial charge in [-0.1, -0.05) is 17.7 Å². The van der Waals surface area contributed by atoms with E-state index in [1.165, 1.54) is 35.2 Å². The molecule has 0 amide bonds. The van der Waals surface area contributed by atoms with Crippen molar-refractivity contribution in [3.05, 3.63) is 93.3 Å². The van der Waals surface area contributed by atoms with Gasteiger partial charge in [0.05, 0.1) is 28.9 Å². The van der Waals surface area contributed by atoms with Crippen LogP contribution in [0.4, 0.5) is 4.39 Å². The Morgan fingerprint density at radius 2 is 1.84 bits per heavy atom. The summed E-state index contributed by atoms with van der Waals surface area (Å²) in [5.74, 6) is 0.0673. The maximum absolute atomic E-state index is 13.7. The first kappa shape index (κ1) is 19.3. The molecule has 154 valence electrons. The van der Waals surface area contributed by atoms with Gasteiger partial charge in [0.15, 0.2) is 17.2 Å². The van der Waals surface area contributed by atoms with E-state index in [9.17, 15) is 9.18 Å². The molecule has 0 N–H and O–H groups in total. The molecule has 0 aliphatic rings. The van der Waals surface area contributed by atoms with E-state index in [4.69, 9.17) is 21.0 Å². The Balaban J connectivity index is 1.83. The lowest BCUT2D eigenvalue weighted by molar-refractivity contribution is 0.574. The number of benzene rings is 2. The van der Waals surface area contributed by atoms with Gasteiger partial charge < -0.3 is 4.42 Å². The van der Waals surface area contributed by atoms with Crippen LogP contribution in [0.15, 0.2) is 70.2 Å². The monoisotopic (exact) mass is 434 g/mol. The van der Waals surface area contributed by atoms with Crippen LogP contribution in [0.3, 0.4) is 0 Å². The van der Waals surface area contributed by atoms with Gasteiger partial charge in [0.25, 0.3) is 5.56 Å². The standard InChI is InChI=1S/C23H16ClFN4O2/c1-13-5-6-16(10-14(13)2)29-21-17(12-26-29)23(30)28(15-7-8-19(25)18(24)11-15)22(27-21)20-4-3-9-31-20/h3-12H,1-2H3. The third kappa shape index (κ3) is 3.14. The zero-order valence-electron chi connectivity index (χ0n) is 16.6. The highest BCUT2D eigenvalue weighted by Gasteiger charge is 2.20. The van der Waals surface area contributed by atoms with Crippen molar-refractivity contribution in [3.8, 4) is 23.0 Å². The van der Waals surface area contributed by atoms with Crippen LogP contribution in [0.25, 0.3) is 34.0 Å². The van der Waals surface area contributed by atoms with Crippen molar-refractivity contribution < 1.29 is 8.81 Å². The maximum Gasteiger partial charge on any atom is 0.269 e. The largest absolute Gasteiger partial charge is 0.461 e. The van der Waals surface area contributed by atoms with Gasteiger partial charge in [-0.3, -0.25) is 9.36 Å². The second-order valence-electron chi connectivity index (χ2n) is 7.21. The fourth-order valence-corrected chi connectivity index (χ4v) is 3.62. The average Bonchev–Trinajstić information content (AvgIpc) is 3.42. The highest BCUT2D eigenvalue weighted by Crippen LogP contribution is 2.26. The molecular formula is C23H16ClFN4O2. The van der Waals surface area contributed by atoms with Crippen molar-refractivity contribution >= 4 is 22.6 Å². The van der Waals surface area contributed by atoms with Crippen LogP contribution >= 0.6 is 11.6 Å². The third-order valence-corrected chi connectivity index (χ3v) is 5.53. The normalized spacial score (nSPS) is 11.4. The van der Waals surface area contributed by atoms with Gasteiger partial charge in [0.2, 0.25) is 0 Å². The Kier molecular flexibility index (Phi) is 4.48. The quantitative estimate of drug-likeness (QED) is 0.389. The highest BCUT2D eigenvalue weighted by molar-refractivity contribution is 6.30. The van der Waals surface area contributed by atoms with E-state index in [-0.39, 0.29) is 16.4 Å².